The lowest BCUT2D eigenvalue weighted by atomic mass is 9.74. The summed E-state index contributed by atoms with van der Waals surface area (Å²) in [5.74, 6) is -0.657. The Bertz CT molecular complexity index is 496. The Morgan fingerprint density at radius 1 is 1.00 bits per heavy atom. The Kier molecular flexibility index (Phi) is 4.18. The van der Waals surface area contributed by atoms with Crippen LogP contribution in [0, 0.1) is 10.8 Å². The molecule has 0 saturated heterocycles. The van der Waals surface area contributed by atoms with Gasteiger partial charge < -0.3 is 5.73 Å². The van der Waals surface area contributed by atoms with Gasteiger partial charge in [0.15, 0.2) is 0 Å². The van der Waals surface area contributed by atoms with E-state index in [9.17, 15) is 9.59 Å². The van der Waals surface area contributed by atoms with Gasteiger partial charge in [-0.15, -0.1) is 0 Å². The van der Waals surface area contributed by atoms with Crippen molar-refractivity contribution in [1.82, 2.24) is 0 Å². The van der Waals surface area contributed by atoms with Crippen LogP contribution in [0.25, 0.3) is 0 Å². The Hall–Kier alpha value is -1.64. The van der Waals surface area contributed by atoms with Gasteiger partial charge in [0.2, 0.25) is 11.6 Å². The summed E-state index contributed by atoms with van der Waals surface area (Å²) in [6.45, 7) is 8.89. The first kappa shape index (κ1) is 15.4. The average molecular weight is 261 g/mol. The number of benzene rings is 1. The first-order chi connectivity index (χ1) is 8.55. The lowest BCUT2D eigenvalue weighted by Crippen LogP contribution is -2.39. The van der Waals surface area contributed by atoms with Crippen molar-refractivity contribution in [2.75, 3.05) is 5.73 Å². The number of anilines is 1. The standard InChI is InChI=1S/C16H23NO2/c1-15(2,3)13(18)14(19)16(4,5)10-11-8-6-7-9-12(11)17/h6-9H,10,17H2,1-5H3. The van der Waals surface area contributed by atoms with E-state index in [1.54, 1.807) is 34.6 Å². The van der Waals surface area contributed by atoms with Crippen LogP contribution in [0.5, 0.6) is 0 Å². The fourth-order valence-electron chi connectivity index (χ4n) is 1.90. The first-order valence-corrected chi connectivity index (χ1v) is 6.48. The molecule has 1 rings (SSSR count). The third-order valence-corrected chi connectivity index (χ3v) is 3.19. The molecule has 0 heterocycles. The van der Waals surface area contributed by atoms with E-state index >= 15 is 0 Å². The number of hydrogen-bond acceptors (Lipinski definition) is 3. The predicted molar refractivity (Wildman–Crippen MR) is 77.8 cm³/mol. The average Bonchev–Trinajstić information content (AvgIpc) is 2.28. The summed E-state index contributed by atoms with van der Waals surface area (Å²) in [7, 11) is 0. The molecule has 0 atom stereocenters. The van der Waals surface area contributed by atoms with Crippen molar-refractivity contribution in [2.45, 2.75) is 41.0 Å². The van der Waals surface area contributed by atoms with Crippen molar-refractivity contribution in [3.8, 4) is 0 Å². The maximum absolute atomic E-state index is 12.3. The molecule has 0 fully saturated rings. The number of rotatable bonds is 4. The van der Waals surface area contributed by atoms with Crippen molar-refractivity contribution in [1.29, 1.82) is 0 Å². The van der Waals surface area contributed by atoms with E-state index < -0.39 is 10.8 Å². The number of Topliss-reactive ketones (excluding diaryl/α,β-unsaturated/α-hetero) is 2. The molecular weight excluding hydrogens is 238 g/mol. The van der Waals surface area contributed by atoms with Crippen LogP contribution in [0.1, 0.15) is 40.2 Å². The van der Waals surface area contributed by atoms with E-state index in [1.165, 1.54) is 0 Å². The highest BCUT2D eigenvalue weighted by molar-refractivity contribution is 6.40. The van der Waals surface area contributed by atoms with Gasteiger partial charge in [-0.1, -0.05) is 52.8 Å². The van der Waals surface area contributed by atoms with Gasteiger partial charge in [0.25, 0.3) is 0 Å². The molecule has 0 spiro atoms. The van der Waals surface area contributed by atoms with E-state index in [1.807, 2.05) is 24.3 Å². The second-order valence-corrected chi connectivity index (χ2v) is 6.67. The second-order valence-electron chi connectivity index (χ2n) is 6.67. The minimum Gasteiger partial charge on any atom is -0.399 e. The molecule has 0 radical (unpaired) electrons. The highest BCUT2D eigenvalue weighted by Crippen LogP contribution is 2.29. The van der Waals surface area contributed by atoms with Crippen molar-refractivity contribution >= 4 is 17.3 Å². The molecule has 1 aromatic rings. The molecule has 0 aromatic heterocycles. The monoisotopic (exact) mass is 261 g/mol. The first-order valence-electron chi connectivity index (χ1n) is 6.48. The summed E-state index contributed by atoms with van der Waals surface area (Å²) in [5, 5.41) is 0. The van der Waals surface area contributed by atoms with Crippen LogP contribution < -0.4 is 5.73 Å². The van der Waals surface area contributed by atoms with Gasteiger partial charge in [0.05, 0.1) is 0 Å². The minimum absolute atomic E-state index is 0.327. The van der Waals surface area contributed by atoms with Gasteiger partial charge in [-0.25, -0.2) is 0 Å². The third-order valence-electron chi connectivity index (χ3n) is 3.19. The van der Waals surface area contributed by atoms with Crippen LogP contribution in [-0.4, -0.2) is 11.6 Å². The van der Waals surface area contributed by atoms with Crippen LogP contribution in [0.4, 0.5) is 5.69 Å². The molecule has 0 unspecified atom stereocenters. The van der Waals surface area contributed by atoms with E-state index in [-0.39, 0.29) is 11.6 Å². The molecular formula is C16H23NO2. The number of nitrogen functional groups attached to an aromatic ring is 1. The molecule has 3 nitrogen and oxygen atoms in total. The molecule has 0 saturated carbocycles. The summed E-state index contributed by atoms with van der Waals surface area (Å²) in [4.78, 5) is 24.4. The molecule has 1 aromatic carbocycles. The van der Waals surface area contributed by atoms with Crippen LogP contribution in [-0.2, 0) is 16.0 Å². The molecule has 0 aliphatic carbocycles. The molecule has 3 heteroatoms. The van der Waals surface area contributed by atoms with Gasteiger partial charge in [-0.3, -0.25) is 9.59 Å². The summed E-state index contributed by atoms with van der Waals surface area (Å²) in [5.41, 5.74) is 6.08. The molecule has 0 bridgehead atoms. The fourth-order valence-corrected chi connectivity index (χ4v) is 1.90. The SMILES string of the molecule is CC(C)(C)C(=O)C(=O)C(C)(C)Cc1ccccc1N. The summed E-state index contributed by atoms with van der Waals surface area (Å²) >= 11 is 0. The van der Waals surface area contributed by atoms with Gasteiger partial charge in [0, 0.05) is 16.5 Å². The zero-order chi connectivity index (χ0) is 14.8. The van der Waals surface area contributed by atoms with Crippen molar-refractivity contribution in [3.05, 3.63) is 29.8 Å². The van der Waals surface area contributed by atoms with Crippen LogP contribution in [0.15, 0.2) is 24.3 Å². The van der Waals surface area contributed by atoms with Crippen LogP contribution in [0.2, 0.25) is 0 Å². The number of carbonyl (C=O) groups excluding carboxylic acids is 2. The zero-order valence-corrected chi connectivity index (χ0v) is 12.4. The molecule has 0 aliphatic rings. The third kappa shape index (κ3) is 3.66. The quantitative estimate of drug-likeness (QED) is 0.669. The maximum atomic E-state index is 12.3. The smallest absolute Gasteiger partial charge is 0.204 e. The summed E-state index contributed by atoms with van der Waals surface area (Å²) in [6, 6.07) is 7.44. The summed E-state index contributed by atoms with van der Waals surface area (Å²) < 4.78 is 0. The van der Waals surface area contributed by atoms with Crippen molar-refractivity contribution in [2.24, 2.45) is 10.8 Å². The normalized spacial score (nSPS) is 12.3. The van der Waals surface area contributed by atoms with Crippen molar-refractivity contribution < 1.29 is 9.59 Å². The second kappa shape index (κ2) is 5.16. The number of ketones is 2. The minimum atomic E-state index is -0.736. The van der Waals surface area contributed by atoms with Gasteiger partial charge in [0.1, 0.15) is 0 Å². The molecule has 0 amide bonds. The largest absolute Gasteiger partial charge is 0.399 e. The molecule has 0 aliphatic heterocycles. The number of hydrogen-bond donors (Lipinski definition) is 1. The van der Waals surface area contributed by atoms with E-state index in [0.717, 1.165) is 5.56 Å². The lowest BCUT2D eigenvalue weighted by molar-refractivity contribution is -0.146. The van der Waals surface area contributed by atoms with Gasteiger partial charge in [-0.2, -0.15) is 0 Å². The van der Waals surface area contributed by atoms with E-state index in [2.05, 4.69) is 0 Å². The molecule has 2 N–H and O–H groups in total. The molecule has 19 heavy (non-hydrogen) atoms. The zero-order valence-electron chi connectivity index (χ0n) is 12.4. The topological polar surface area (TPSA) is 60.2 Å². The van der Waals surface area contributed by atoms with Crippen LogP contribution in [0.3, 0.4) is 0 Å². The highest BCUT2D eigenvalue weighted by atomic mass is 16.2. The maximum Gasteiger partial charge on any atom is 0.204 e. The fraction of sp³-hybridized carbons (Fsp3) is 0.500. The molecule has 104 valence electrons. The predicted octanol–water partition coefficient (Wildman–Crippen LogP) is 3.02. The highest BCUT2D eigenvalue weighted by Gasteiger charge is 2.38. The number of nitrogens with two attached hydrogens (primary N) is 1. The van der Waals surface area contributed by atoms with Gasteiger partial charge >= 0.3 is 0 Å². The Morgan fingerprint density at radius 2 is 1.53 bits per heavy atom. The summed E-state index contributed by atoms with van der Waals surface area (Å²) in [6.07, 6.45) is 0.473. The lowest BCUT2D eigenvalue weighted by Gasteiger charge is -2.26. The Balaban J connectivity index is 2.96. The van der Waals surface area contributed by atoms with E-state index in [4.69, 9.17) is 5.73 Å². The van der Waals surface area contributed by atoms with Crippen molar-refractivity contribution in [3.63, 3.8) is 0 Å². The number of carbonyl (C=O) groups is 2. The Morgan fingerprint density at radius 3 is 2.00 bits per heavy atom. The Labute approximate surface area is 115 Å². The van der Waals surface area contributed by atoms with Gasteiger partial charge in [-0.05, 0) is 18.1 Å². The van der Waals surface area contributed by atoms with E-state index in [0.29, 0.717) is 12.1 Å². The van der Waals surface area contributed by atoms with Crippen LogP contribution >= 0.6 is 0 Å². The number of para-hydroxylation sites is 1.